The molecule has 1 aliphatic heterocycles. The van der Waals surface area contributed by atoms with Gasteiger partial charge in [0.1, 0.15) is 17.4 Å². The normalized spacial score (nSPS) is 23.3. The topological polar surface area (TPSA) is 55.8 Å². The van der Waals surface area contributed by atoms with Gasteiger partial charge in [0, 0.05) is 13.2 Å². The summed E-state index contributed by atoms with van der Waals surface area (Å²) in [7, 11) is 1.16. The third kappa shape index (κ3) is 4.50. The smallest absolute Gasteiger partial charge is 0.241 e. The quantitative estimate of drug-likeness (QED) is 0.330. The average Bonchev–Trinajstić information content (AvgIpc) is 2.96. The first-order chi connectivity index (χ1) is 13.9. The van der Waals surface area contributed by atoms with Gasteiger partial charge in [-0.05, 0) is 38.2 Å². The van der Waals surface area contributed by atoms with Crippen LogP contribution in [0.1, 0.15) is 26.2 Å². The molecule has 1 heterocycles. The van der Waals surface area contributed by atoms with Crippen LogP contribution in [-0.2, 0) is 14.3 Å². The molecule has 8 heteroatoms. The second-order valence-electron chi connectivity index (χ2n) is 7.34. The fourth-order valence-electron chi connectivity index (χ4n) is 3.82. The lowest BCUT2D eigenvalue weighted by molar-refractivity contribution is -0.122. The van der Waals surface area contributed by atoms with Crippen molar-refractivity contribution in [3.8, 4) is 5.75 Å². The van der Waals surface area contributed by atoms with Crippen LogP contribution in [0.3, 0.4) is 0 Å². The maximum atomic E-state index is 14.7. The standard InChI is InChI=1S/C21H26ClFNO4P/c1-4-19(29(3)10-9-27-2)28-18-12-17(16(23)11-15(18)22)24-20(25)13-7-5-6-8-14(13)21(24)26/h5,7,11-14,19H,4,6,8-10H2,1-3H3. The van der Waals surface area contributed by atoms with Crippen LogP contribution >= 0.6 is 19.5 Å². The summed E-state index contributed by atoms with van der Waals surface area (Å²) in [5, 5.41) is 0.122. The number of fused-ring (bicyclic) bond motifs is 1. The van der Waals surface area contributed by atoms with Crippen LogP contribution < -0.4 is 9.64 Å². The molecule has 4 atom stereocenters. The Morgan fingerprint density at radius 1 is 1.34 bits per heavy atom. The van der Waals surface area contributed by atoms with Gasteiger partial charge in [-0.3, -0.25) is 9.59 Å². The van der Waals surface area contributed by atoms with Gasteiger partial charge in [-0.15, -0.1) is 0 Å². The number of allylic oxidation sites excluding steroid dienone is 1. The highest BCUT2D eigenvalue weighted by Crippen LogP contribution is 2.44. The summed E-state index contributed by atoms with van der Waals surface area (Å²) >= 11 is 6.23. The highest BCUT2D eigenvalue weighted by atomic mass is 35.5. The number of carbonyl (C=O) groups excluding carboxylic acids is 2. The first kappa shape index (κ1) is 22.2. The Labute approximate surface area is 176 Å². The molecule has 158 valence electrons. The molecule has 5 nitrogen and oxygen atoms in total. The van der Waals surface area contributed by atoms with Crippen molar-refractivity contribution in [3.05, 3.63) is 35.1 Å². The minimum absolute atomic E-state index is 0.0885. The fourth-order valence-corrected chi connectivity index (χ4v) is 5.69. The number of imide groups is 1. The molecule has 1 saturated heterocycles. The van der Waals surface area contributed by atoms with Gasteiger partial charge in [0.25, 0.3) is 0 Å². The van der Waals surface area contributed by atoms with Gasteiger partial charge in [0.2, 0.25) is 11.8 Å². The van der Waals surface area contributed by atoms with Crippen molar-refractivity contribution in [2.45, 2.75) is 32.0 Å². The van der Waals surface area contributed by atoms with Crippen LogP contribution in [0.4, 0.5) is 10.1 Å². The molecule has 3 rings (SSSR count). The van der Waals surface area contributed by atoms with Crippen LogP contribution in [0.25, 0.3) is 0 Å². The summed E-state index contributed by atoms with van der Waals surface area (Å²) in [6.07, 6.45) is 6.62. The summed E-state index contributed by atoms with van der Waals surface area (Å²) in [4.78, 5) is 26.6. The Morgan fingerprint density at radius 3 is 2.76 bits per heavy atom. The van der Waals surface area contributed by atoms with Crippen molar-refractivity contribution in [1.29, 1.82) is 0 Å². The summed E-state index contributed by atoms with van der Waals surface area (Å²) < 4.78 is 26.0. The van der Waals surface area contributed by atoms with E-state index in [1.165, 1.54) is 6.07 Å². The van der Waals surface area contributed by atoms with Crippen molar-refractivity contribution >= 4 is 37.0 Å². The predicted octanol–water partition coefficient (Wildman–Crippen LogP) is 4.81. The Balaban J connectivity index is 1.89. The van der Waals surface area contributed by atoms with Gasteiger partial charge in [-0.2, -0.15) is 0 Å². The second-order valence-corrected chi connectivity index (χ2v) is 10.3. The van der Waals surface area contributed by atoms with E-state index in [1.54, 1.807) is 13.2 Å². The van der Waals surface area contributed by atoms with E-state index < -0.39 is 31.5 Å². The molecule has 4 unspecified atom stereocenters. The van der Waals surface area contributed by atoms with E-state index >= 15 is 0 Å². The zero-order valence-corrected chi connectivity index (χ0v) is 18.5. The number of hydrogen-bond donors (Lipinski definition) is 0. The van der Waals surface area contributed by atoms with Crippen molar-refractivity contribution < 1.29 is 23.5 Å². The predicted molar refractivity (Wildman–Crippen MR) is 114 cm³/mol. The minimum atomic E-state index is -0.710. The number of ether oxygens (including phenoxy) is 2. The molecule has 0 spiro atoms. The largest absolute Gasteiger partial charge is 0.484 e. The molecule has 2 aliphatic rings. The number of benzene rings is 1. The molecular formula is C21H26ClFNO4P. The van der Waals surface area contributed by atoms with Gasteiger partial charge >= 0.3 is 0 Å². The monoisotopic (exact) mass is 441 g/mol. The van der Waals surface area contributed by atoms with Gasteiger partial charge in [0.05, 0.1) is 29.2 Å². The summed E-state index contributed by atoms with van der Waals surface area (Å²) in [5.74, 6) is -2.21. The van der Waals surface area contributed by atoms with Crippen molar-refractivity contribution in [2.24, 2.45) is 11.8 Å². The van der Waals surface area contributed by atoms with Gasteiger partial charge < -0.3 is 9.47 Å². The summed E-state index contributed by atoms with van der Waals surface area (Å²) in [6.45, 7) is 4.77. The van der Waals surface area contributed by atoms with Crippen LogP contribution in [0, 0.1) is 17.7 Å². The van der Waals surface area contributed by atoms with Gasteiger partial charge in [0.15, 0.2) is 0 Å². The SMILES string of the molecule is CCC(Oc1cc(N2C(=O)C3C=CCCC3C2=O)c(F)cc1Cl)P(C)CCOC. The summed E-state index contributed by atoms with van der Waals surface area (Å²) in [5.41, 5.74) is -0.0885. The van der Waals surface area contributed by atoms with E-state index in [4.69, 9.17) is 21.1 Å². The van der Waals surface area contributed by atoms with E-state index in [2.05, 4.69) is 6.66 Å². The van der Waals surface area contributed by atoms with Crippen LogP contribution in [0.5, 0.6) is 5.75 Å². The first-order valence-electron chi connectivity index (χ1n) is 9.78. The van der Waals surface area contributed by atoms with Crippen LogP contribution in [-0.4, -0.2) is 44.2 Å². The van der Waals surface area contributed by atoms with Gasteiger partial charge in [-0.1, -0.05) is 38.6 Å². The Morgan fingerprint density at radius 2 is 2.10 bits per heavy atom. The molecule has 1 aliphatic carbocycles. The lowest BCUT2D eigenvalue weighted by Crippen LogP contribution is -2.31. The van der Waals surface area contributed by atoms with Gasteiger partial charge in [-0.25, -0.2) is 9.29 Å². The van der Waals surface area contributed by atoms with Crippen molar-refractivity contribution in [3.63, 3.8) is 0 Å². The number of carbonyl (C=O) groups is 2. The Hall–Kier alpha value is -1.49. The third-order valence-electron chi connectivity index (χ3n) is 5.46. The molecular weight excluding hydrogens is 416 g/mol. The molecule has 1 fully saturated rings. The second kappa shape index (κ2) is 9.55. The maximum Gasteiger partial charge on any atom is 0.241 e. The highest BCUT2D eigenvalue weighted by molar-refractivity contribution is 7.57. The number of amides is 2. The Bertz CT molecular complexity index is 818. The van der Waals surface area contributed by atoms with E-state index in [1.807, 2.05) is 13.0 Å². The van der Waals surface area contributed by atoms with Crippen molar-refractivity contribution in [2.75, 3.05) is 31.4 Å². The molecule has 0 bridgehead atoms. The summed E-state index contributed by atoms with van der Waals surface area (Å²) in [6, 6.07) is 2.50. The van der Waals surface area contributed by atoms with E-state index in [9.17, 15) is 14.0 Å². The molecule has 0 saturated carbocycles. The zero-order chi connectivity index (χ0) is 21.1. The molecule has 0 aromatic heterocycles. The zero-order valence-electron chi connectivity index (χ0n) is 16.9. The molecule has 0 radical (unpaired) electrons. The van der Waals surface area contributed by atoms with Crippen molar-refractivity contribution in [1.82, 2.24) is 0 Å². The highest BCUT2D eigenvalue weighted by Gasteiger charge is 2.48. The van der Waals surface area contributed by atoms with Crippen LogP contribution in [0.15, 0.2) is 24.3 Å². The molecule has 2 amide bonds. The number of nitrogens with zero attached hydrogens (tertiary/aromatic N) is 1. The van der Waals surface area contributed by atoms with Crippen LogP contribution in [0.2, 0.25) is 5.02 Å². The molecule has 1 aromatic rings. The maximum absolute atomic E-state index is 14.7. The fraction of sp³-hybridized carbons (Fsp3) is 0.524. The number of rotatable bonds is 8. The first-order valence-corrected chi connectivity index (χ1v) is 12.2. The Kier molecular flexibility index (Phi) is 7.31. The van der Waals surface area contributed by atoms with E-state index in [0.29, 0.717) is 13.0 Å². The molecule has 0 N–H and O–H groups in total. The molecule has 29 heavy (non-hydrogen) atoms. The van der Waals surface area contributed by atoms with E-state index in [-0.39, 0.29) is 28.2 Å². The number of halogens is 2. The molecule has 1 aromatic carbocycles. The lowest BCUT2D eigenvalue weighted by Gasteiger charge is -2.26. The average molecular weight is 442 g/mol. The number of anilines is 1. The van der Waals surface area contributed by atoms with E-state index in [0.717, 1.165) is 30.0 Å². The number of hydrogen-bond acceptors (Lipinski definition) is 4. The third-order valence-corrected chi connectivity index (χ3v) is 8.10. The number of methoxy groups -OCH3 is 1. The lowest BCUT2D eigenvalue weighted by atomic mass is 9.86. The minimum Gasteiger partial charge on any atom is -0.484 e.